The third kappa shape index (κ3) is 1.93. The van der Waals surface area contributed by atoms with Gasteiger partial charge in [0.1, 0.15) is 0 Å². The van der Waals surface area contributed by atoms with Gasteiger partial charge in [0.05, 0.1) is 0 Å². The van der Waals surface area contributed by atoms with Gasteiger partial charge in [-0.2, -0.15) is 0 Å². The fraction of sp³-hybridized carbons (Fsp3) is 0.571. The third-order valence-electron chi connectivity index (χ3n) is 3.94. The van der Waals surface area contributed by atoms with Crippen molar-refractivity contribution in [2.75, 3.05) is 6.54 Å². The zero-order valence-corrected chi connectivity index (χ0v) is 9.21. The summed E-state index contributed by atoms with van der Waals surface area (Å²) in [6.07, 6.45) is 6.81. The second-order valence-electron chi connectivity index (χ2n) is 5.08. The molecule has 0 atom stereocenters. The van der Waals surface area contributed by atoms with Gasteiger partial charge in [0, 0.05) is 6.04 Å². The van der Waals surface area contributed by atoms with Crippen LogP contribution in [0.15, 0.2) is 24.3 Å². The van der Waals surface area contributed by atoms with Crippen LogP contribution in [-0.2, 0) is 12.8 Å². The first-order valence-electron chi connectivity index (χ1n) is 6.22. The van der Waals surface area contributed by atoms with Crippen molar-refractivity contribution in [2.45, 2.75) is 38.1 Å². The fourth-order valence-corrected chi connectivity index (χ4v) is 2.74. The lowest BCUT2D eigenvalue weighted by atomic mass is 9.92. The highest BCUT2D eigenvalue weighted by atomic mass is 14.9. The van der Waals surface area contributed by atoms with Crippen LogP contribution in [0, 0.1) is 5.92 Å². The van der Waals surface area contributed by atoms with Gasteiger partial charge in [-0.3, -0.25) is 0 Å². The lowest BCUT2D eigenvalue weighted by molar-refractivity contribution is 0.318. The van der Waals surface area contributed by atoms with Gasteiger partial charge in [0.15, 0.2) is 0 Å². The van der Waals surface area contributed by atoms with Crippen molar-refractivity contribution in [3.05, 3.63) is 35.4 Å². The number of nitrogens with one attached hydrogen (secondary N) is 1. The molecule has 0 bridgehead atoms. The SMILES string of the molecule is c1ccc2c(c1)CC(CNC1CCC1)C2. The Morgan fingerprint density at radius 3 is 2.27 bits per heavy atom. The summed E-state index contributed by atoms with van der Waals surface area (Å²) in [7, 11) is 0. The van der Waals surface area contributed by atoms with Crippen LogP contribution in [0.5, 0.6) is 0 Å². The van der Waals surface area contributed by atoms with Gasteiger partial charge < -0.3 is 5.32 Å². The molecule has 1 N–H and O–H groups in total. The highest BCUT2D eigenvalue weighted by Crippen LogP contribution is 2.26. The standard InChI is InChI=1S/C14H19N/c1-2-5-13-9-11(8-12(13)4-1)10-15-14-6-3-7-14/h1-2,4-5,11,14-15H,3,6-10H2. The molecule has 3 rings (SSSR count). The van der Waals surface area contributed by atoms with Gasteiger partial charge in [-0.1, -0.05) is 30.7 Å². The molecule has 0 amide bonds. The van der Waals surface area contributed by atoms with Crippen LogP contribution >= 0.6 is 0 Å². The zero-order chi connectivity index (χ0) is 10.1. The maximum atomic E-state index is 3.70. The molecule has 0 unspecified atom stereocenters. The molecule has 0 spiro atoms. The first-order chi connectivity index (χ1) is 7.42. The minimum absolute atomic E-state index is 0.841. The van der Waals surface area contributed by atoms with Crippen molar-refractivity contribution >= 4 is 0 Å². The molecule has 2 aliphatic rings. The fourth-order valence-electron chi connectivity index (χ4n) is 2.74. The Balaban J connectivity index is 1.54. The zero-order valence-electron chi connectivity index (χ0n) is 9.21. The summed E-state index contributed by atoms with van der Waals surface area (Å²) in [5, 5.41) is 3.70. The van der Waals surface area contributed by atoms with Gasteiger partial charge in [-0.25, -0.2) is 0 Å². The average Bonchev–Trinajstić information content (AvgIpc) is 2.57. The molecule has 1 saturated carbocycles. The Kier molecular flexibility index (Phi) is 2.49. The van der Waals surface area contributed by atoms with E-state index in [1.165, 1.54) is 38.6 Å². The molecule has 1 aromatic rings. The van der Waals surface area contributed by atoms with E-state index in [4.69, 9.17) is 0 Å². The summed E-state index contributed by atoms with van der Waals surface area (Å²) >= 11 is 0. The molecule has 80 valence electrons. The van der Waals surface area contributed by atoms with Crippen molar-refractivity contribution in [3.8, 4) is 0 Å². The van der Waals surface area contributed by atoms with E-state index in [0.29, 0.717) is 0 Å². The van der Waals surface area contributed by atoms with Gasteiger partial charge in [-0.15, -0.1) is 0 Å². The highest BCUT2D eigenvalue weighted by Gasteiger charge is 2.23. The lowest BCUT2D eigenvalue weighted by Gasteiger charge is -2.27. The maximum Gasteiger partial charge on any atom is 0.00672 e. The average molecular weight is 201 g/mol. The molecule has 1 aromatic carbocycles. The Morgan fingerprint density at radius 1 is 1.07 bits per heavy atom. The van der Waals surface area contributed by atoms with E-state index >= 15 is 0 Å². The van der Waals surface area contributed by atoms with Crippen molar-refractivity contribution in [3.63, 3.8) is 0 Å². The Labute approximate surface area is 91.9 Å². The topological polar surface area (TPSA) is 12.0 Å². The van der Waals surface area contributed by atoms with E-state index in [9.17, 15) is 0 Å². The molecule has 0 saturated heterocycles. The van der Waals surface area contributed by atoms with Crippen molar-refractivity contribution in [1.29, 1.82) is 0 Å². The van der Waals surface area contributed by atoms with Gasteiger partial charge in [0.25, 0.3) is 0 Å². The smallest absolute Gasteiger partial charge is 0.00672 e. The summed E-state index contributed by atoms with van der Waals surface area (Å²) < 4.78 is 0. The summed E-state index contributed by atoms with van der Waals surface area (Å²) in [6.45, 7) is 1.22. The Hall–Kier alpha value is -0.820. The van der Waals surface area contributed by atoms with E-state index in [2.05, 4.69) is 29.6 Å². The molecule has 0 heterocycles. The van der Waals surface area contributed by atoms with Crippen molar-refractivity contribution < 1.29 is 0 Å². The largest absolute Gasteiger partial charge is 0.314 e. The van der Waals surface area contributed by atoms with Crippen LogP contribution in [0.25, 0.3) is 0 Å². The van der Waals surface area contributed by atoms with Crippen LogP contribution in [0.3, 0.4) is 0 Å². The summed E-state index contributed by atoms with van der Waals surface area (Å²) in [5.41, 5.74) is 3.16. The highest BCUT2D eigenvalue weighted by molar-refractivity contribution is 5.32. The molecule has 1 nitrogen and oxygen atoms in total. The minimum Gasteiger partial charge on any atom is -0.314 e. The molecular formula is C14H19N. The van der Waals surface area contributed by atoms with Crippen molar-refractivity contribution in [1.82, 2.24) is 5.32 Å². The van der Waals surface area contributed by atoms with Crippen LogP contribution in [0.1, 0.15) is 30.4 Å². The minimum atomic E-state index is 0.841. The van der Waals surface area contributed by atoms with E-state index in [-0.39, 0.29) is 0 Å². The first-order valence-corrected chi connectivity index (χ1v) is 6.22. The van der Waals surface area contributed by atoms with Crippen LogP contribution < -0.4 is 5.32 Å². The first kappa shape index (κ1) is 9.41. The van der Waals surface area contributed by atoms with Crippen molar-refractivity contribution in [2.24, 2.45) is 5.92 Å². The summed E-state index contributed by atoms with van der Waals surface area (Å²) in [4.78, 5) is 0. The number of hydrogen-bond donors (Lipinski definition) is 1. The van der Waals surface area contributed by atoms with Gasteiger partial charge in [-0.05, 0) is 49.3 Å². The predicted molar refractivity (Wildman–Crippen MR) is 63.0 cm³/mol. The number of rotatable bonds is 3. The molecule has 1 heteroatoms. The molecule has 1 fully saturated rings. The molecule has 15 heavy (non-hydrogen) atoms. The Bertz CT molecular complexity index is 316. The molecule has 0 aliphatic heterocycles. The molecular weight excluding hydrogens is 182 g/mol. The summed E-state index contributed by atoms with van der Waals surface area (Å²) in [5.74, 6) is 0.850. The quantitative estimate of drug-likeness (QED) is 0.792. The van der Waals surface area contributed by atoms with E-state index in [1.807, 2.05) is 0 Å². The van der Waals surface area contributed by atoms with Crippen LogP contribution in [0.4, 0.5) is 0 Å². The molecule has 0 aromatic heterocycles. The van der Waals surface area contributed by atoms with E-state index < -0.39 is 0 Å². The molecule has 0 radical (unpaired) electrons. The van der Waals surface area contributed by atoms with Gasteiger partial charge >= 0.3 is 0 Å². The normalized spacial score (nSPS) is 21.3. The second kappa shape index (κ2) is 3.97. The predicted octanol–water partition coefficient (Wildman–Crippen LogP) is 2.54. The lowest BCUT2D eigenvalue weighted by Crippen LogP contribution is -2.38. The Morgan fingerprint density at radius 2 is 1.73 bits per heavy atom. The van der Waals surface area contributed by atoms with E-state index in [1.54, 1.807) is 11.1 Å². The van der Waals surface area contributed by atoms with Crippen LogP contribution in [0.2, 0.25) is 0 Å². The van der Waals surface area contributed by atoms with Crippen LogP contribution in [-0.4, -0.2) is 12.6 Å². The monoisotopic (exact) mass is 201 g/mol. The van der Waals surface area contributed by atoms with Gasteiger partial charge in [0.2, 0.25) is 0 Å². The summed E-state index contributed by atoms with van der Waals surface area (Å²) in [6, 6.07) is 9.76. The number of hydrogen-bond acceptors (Lipinski definition) is 1. The maximum absolute atomic E-state index is 3.70. The number of benzene rings is 1. The third-order valence-corrected chi connectivity index (χ3v) is 3.94. The van der Waals surface area contributed by atoms with E-state index in [0.717, 1.165) is 12.0 Å². The second-order valence-corrected chi connectivity index (χ2v) is 5.08. The number of fused-ring (bicyclic) bond motifs is 1. The molecule has 2 aliphatic carbocycles.